The maximum Gasteiger partial charge on any atom is 0.341 e. The number of thiazole rings is 1. The van der Waals surface area contributed by atoms with E-state index in [0.717, 1.165) is 16.9 Å². The van der Waals surface area contributed by atoms with Crippen LogP contribution in [0.25, 0.3) is 16.8 Å². The van der Waals surface area contributed by atoms with Gasteiger partial charge in [0.1, 0.15) is 21.7 Å². The van der Waals surface area contributed by atoms with Crippen molar-refractivity contribution in [2.75, 3.05) is 11.9 Å². The highest BCUT2D eigenvalue weighted by Crippen LogP contribution is 2.35. The van der Waals surface area contributed by atoms with Gasteiger partial charge in [-0.05, 0) is 38.5 Å². The number of nitriles is 1. The van der Waals surface area contributed by atoms with E-state index >= 15 is 0 Å². The van der Waals surface area contributed by atoms with Gasteiger partial charge in [-0.25, -0.2) is 9.78 Å². The molecule has 164 valence electrons. The van der Waals surface area contributed by atoms with Gasteiger partial charge in [0.15, 0.2) is 5.78 Å². The molecule has 3 aromatic rings. The fourth-order valence-corrected chi connectivity index (χ4v) is 5.02. The van der Waals surface area contributed by atoms with Gasteiger partial charge in [-0.15, -0.1) is 22.7 Å². The average Bonchev–Trinajstić information content (AvgIpc) is 3.36. The van der Waals surface area contributed by atoms with Crippen LogP contribution in [0.4, 0.5) is 5.00 Å². The zero-order chi connectivity index (χ0) is 23.4. The number of benzene rings is 1. The smallest absolute Gasteiger partial charge is 0.341 e. The largest absolute Gasteiger partial charge is 0.462 e. The molecular weight excluding hydrogens is 489 g/mol. The van der Waals surface area contributed by atoms with Crippen molar-refractivity contribution in [3.8, 4) is 17.3 Å². The summed E-state index contributed by atoms with van der Waals surface area (Å²) in [4.78, 5) is 29.4. The number of ketones is 1. The van der Waals surface area contributed by atoms with E-state index in [1.807, 2.05) is 5.38 Å². The molecule has 0 radical (unpaired) electrons. The van der Waals surface area contributed by atoms with Crippen LogP contribution in [0.15, 0.2) is 29.8 Å². The number of nitrogens with one attached hydrogen (secondary N) is 1. The van der Waals surface area contributed by atoms with Crippen LogP contribution in [0, 0.1) is 18.3 Å². The lowest BCUT2D eigenvalue weighted by molar-refractivity contribution is 0.0527. The number of nitrogens with zero attached hydrogens (tertiary/aromatic N) is 2. The normalized spacial score (nSPS) is 11.2. The molecule has 0 atom stereocenters. The Morgan fingerprint density at radius 3 is 2.69 bits per heavy atom. The Kier molecular flexibility index (Phi) is 7.69. The van der Waals surface area contributed by atoms with Crippen molar-refractivity contribution in [3.05, 3.63) is 60.8 Å². The lowest BCUT2D eigenvalue weighted by atomic mass is 10.1. The molecule has 0 aliphatic heterocycles. The molecule has 0 saturated carbocycles. The van der Waals surface area contributed by atoms with Crippen molar-refractivity contribution in [1.82, 2.24) is 4.98 Å². The predicted molar refractivity (Wildman–Crippen MR) is 130 cm³/mol. The van der Waals surface area contributed by atoms with Crippen molar-refractivity contribution in [2.24, 2.45) is 0 Å². The van der Waals surface area contributed by atoms with Crippen molar-refractivity contribution >= 4 is 68.2 Å². The molecule has 0 saturated heterocycles. The summed E-state index contributed by atoms with van der Waals surface area (Å²) in [5.41, 5.74) is 2.53. The maximum atomic E-state index is 12.4. The van der Waals surface area contributed by atoms with E-state index < -0.39 is 5.97 Å². The molecule has 0 unspecified atom stereocenters. The first-order chi connectivity index (χ1) is 15.3. The van der Waals surface area contributed by atoms with Crippen molar-refractivity contribution in [2.45, 2.75) is 20.8 Å². The quantitative estimate of drug-likeness (QED) is 0.214. The van der Waals surface area contributed by atoms with Gasteiger partial charge in [-0.2, -0.15) is 5.26 Å². The van der Waals surface area contributed by atoms with Gasteiger partial charge in [-0.1, -0.05) is 29.3 Å². The SMILES string of the molecule is CCOC(=O)c1c(NC=C(C#N)c2nc(-c3ccc(Cl)c(Cl)c3)cs2)sc(C(C)=O)c1C. The summed E-state index contributed by atoms with van der Waals surface area (Å²) in [5, 5.41) is 16.2. The minimum atomic E-state index is -0.528. The summed E-state index contributed by atoms with van der Waals surface area (Å²) >= 11 is 14.5. The Bertz CT molecular complexity index is 1270. The summed E-state index contributed by atoms with van der Waals surface area (Å²) < 4.78 is 5.13. The molecule has 0 bridgehead atoms. The van der Waals surface area contributed by atoms with Crippen LogP contribution in [0.5, 0.6) is 0 Å². The average molecular weight is 506 g/mol. The van der Waals surface area contributed by atoms with Crippen molar-refractivity contribution in [1.29, 1.82) is 5.26 Å². The molecule has 0 aliphatic rings. The zero-order valence-electron chi connectivity index (χ0n) is 17.3. The fourth-order valence-electron chi connectivity index (χ4n) is 2.87. The van der Waals surface area contributed by atoms with Gasteiger partial charge in [-0.3, -0.25) is 4.79 Å². The first-order valence-electron chi connectivity index (χ1n) is 9.36. The number of Topliss-reactive ketones (excluding diaryl/α,β-unsaturated/α-hetero) is 1. The van der Waals surface area contributed by atoms with E-state index in [1.54, 1.807) is 32.0 Å². The minimum absolute atomic E-state index is 0.151. The second-order valence-electron chi connectivity index (χ2n) is 6.52. The first kappa shape index (κ1) is 24.0. The van der Waals surface area contributed by atoms with Crippen LogP contribution >= 0.6 is 45.9 Å². The summed E-state index contributed by atoms with van der Waals surface area (Å²) in [5.74, 6) is -0.680. The number of esters is 1. The van der Waals surface area contributed by atoms with Gasteiger partial charge in [0.2, 0.25) is 0 Å². The maximum absolute atomic E-state index is 12.4. The molecule has 3 rings (SSSR count). The second kappa shape index (κ2) is 10.3. The molecule has 0 aliphatic carbocycles. The van der Waals surface area contributed by atoms with E-state index in [4.69, 9.17) is 27.9 Å². The van der Waals surface area contributed by atoms with Gasteiger partial charge in [0.25, 0.3) is 0 Å². The molecule has 6 nitrogen and oxygen atoms in total. The molecule has 10 heteroatoms. The zero-order valence-corrected chi connectivity index (χ0v) is 20.4. The van der Waals surface area contributed by atoms with Gasteiger partial charge < -0.3 is 10.1 Å². The fraction of sp³-hybridized carbons (Fsp3) is 0.182. The van der Waals surface area contributed by atoms with E-state index in [0.29, 0.717) is 36.2 Å². The predicted octanol–water partition coefficient (Wildman–Crippen LogP) is 6.84. The van der Waals surface area contributed by atoms with Crippen LogP contribution in [0.1, 0.15) is 44.4 Å². The molecule has 32 heavy (non-hydrogen) atoms. The number of carbonyl (C=O) groups excluding carboxylic acids is 2. The lowest BCUT2D eigenvalue weighted by Crippen LogP contribution is -2.08. The summed E-state index contributed by atoms with van der Waals surface area (Å²) in [7, 11) is 0. The van der Waals surface area contributed by atoms with Crippen LogP contribution in [0.3, 0.4) is 0 Å². The number of carbonyl (C=O) groups is 2. The molecule has 1 N–H and O–H groups in total. The third kappa shape index (κ3) is 5.03. The Morgan fingerprint density at radius 2 is 2.06 bits per heavy atom. The van der Waals surface area contributed by atoms with E-state index in [-0.39, 0.29) is 23.5 Å². The number of rotatable bonds is 7. The van der Waals surface area contributed by atoms with Gasteiger partial charge in [0.05, 0.1) is 32.8 Å². The molecular formula is C22H17Cl2N3O3S2. The van der Waals surface area contributed by atoms with Gasteiger partial charge in [0, 0.05) is 17.1 Å². The number of allylic oxidation sites excluding steroid dienone is 1. The highest BCUT2D eigenvalue weighted by Gasteiger charge is 2.24. The first-order valence-corrected chi connectivity index (χ1v) is 11.8. The Hall–Kier alpha value is -2.70. The summed E-state index contributed by atoms with van der Waals surface area (Å²) in [6, 6.07) is 7.30. The van der Waals surface area contributed by atoms with Crippen molar-refractivity contribution in [3.63, 3.8) is 0 Å². The molecule has 2 heterocycles. The minimum Gasteiger partial charge on any atom is -0.462 e. The molecule has 0 spiro atoms. The Morgan fingerprint density at radius 1 is 1.31 bits per heavy atom. The molecule has 0 fully saturated rings. The highest BCUT2D eigenvalue weighted by molar-refractivity contribution is 7.18. The number of ether oxygens (including phenoxy) is 1. The number of hydrogen-bond donors (Lipinski definition) is 1. The standard InChI is InChI=1S/C22H17Cl2N3O3S2/c1-4-30-22(29)18-11(2)19(12(3)28)32-21(18)26-9-14(8-25)20-27-17(10-31-20)13-5-6-15(23)16(24)7-13/h5-7,9-10,26H,4H2,1-3H3. The number of halogens is 2. The third-order valence-corrected chi connectivity index (χ3v) is 7.30. The van der Waals surface area contributed by atoms with Crippen molar-refractivity contribution < 1.29 is 14.3 Å². The third-order valence-electron chi connectivity index (χ3n) is 4.36. The summed E-state index contributed by atoms with van der Waals surface area (Å²) in [6.45, 7) is 5.05. The number of anilines is 1. The lowest BCUT2D eigenvalue weighted by Gasteiger charge is -2.05. The molecule has 0 amide bonds. The molecule has 2 aromatic heterocycles. The van der Waals surface area contributed by atoms with E-state index in [2.05, 4.69) is 16.4 Å². The summed E-state index contributed by atoms with van der Waals surface area (Å²) in [6.07, 6.45) is 1.47. The van der Waals surface area contributed by atoms with Crippen LogP contribution in [-0.4, -0.2) is 23.3 Å². The van der Waals surface area contributed by atoms with E-state index in [1.165, 1.54) is 24.5 Å². The Labute approximate surface area is 203 Å². The Balaban J connectivity index is 1.93. The van der Waals surface area contributed by atoms with E-state index in [9.17, 15) is 14.9 Å². The van der Waals surface area contributed by atoms with Crippen LogP contribution in [-0.2, 0) is 4.74 Å². The monoisotopic (exact) mass is 505 g/mol. The van der Waals surface area contributed by atoms with Crippen LogP contribution < -0.4 is 5.32 Å². The second-order valence-corrected chi connectivity index (χ2v) is 9.21. The molecule has 1 aromatic carbocycles. The topological polar surface area (TPSA) is 92.1 Å². The van der Waals surface area contributed by atoms with Crippen LogP contribution in [0.2, 0.25) is 10.0 Å². The van der Waals surface area contributed by atoms with Gasteiger partial charge >= 0.3 is 5.97 Å². The highest BCUT2D eigenvalue weighted by atomic mass is 35.5. The number of hydrogen-bond acceptors (Lipinski definition) is 8. The number of aromatic nitrogens is 1. The number of thiophene rings is 1.